The summed E-state index contributed by atoms with van der Waals surface area (Å²) in [6.07, 6.45) is 1.99. The van der Waals surface area contributed by atoms with E-state index in [-0.39, 0.29) is 5.91 Å². The third-order valence-corrected chi connectivity index (χ3v) is 5.12. The fourth-order valence-electron chi connectivity index (χ4n) is 3.40. The highest BCUT2D eigenvalue weighted by Gasteiger charge is 2.16. The van der Waals surface area contributed by atoms with Crippen LogP contribution in [0.15, 0.2) is 36.5 Å². The van der Waals surface area contributed by atoms with Crippen LogP contribution in [-0.4, -0.2) is 51.8 Å². The Bertz CT molecular complexity index is 959. The lowest BCUT2D eigenvalue weighted by molar-refractivity contribution is 0.0950. The molecule has 0 saturated carbocycles. The van der Waals surface area contributed by atoms with Crippen molar-refractivity contribution in [2.45, 2.75) is 34.2 Å². The van der Waals surface area contributed by atoms with Crippen LogP contribution >= 0.6 is 0 Å². The molecule has 3 aromatic rings. The number of aryl methyl sites for hydroxylation is 2. The number of nitrogens with one attached hydrogen (secondary N) is 1. The number of likely N-dealkylation sites (N-methyl/N-ethyl adjacent to an activating group) is 1. The molecule has 6 nitrogen and oxygen atoms in total. The van der Waals surface area contributed by atoms with E-state index < -0.39 is 0 Å². The summed E-state index contributed by atoms with van der Waals surface area (Å²) < 4.78 is 1.89. The van der Waals surface area contributed by atoms with Crippen LogP contribution in [0.4, 0.5) is 0 Å². The zero-order chi connectivity index (χ0) is 20.1. The Morgan fingerprint density at radius 3 is 2.61 bits per heavy atom. The van der Waals surface area contributed by atoms with Crippen molar-refractivity contribution >= 4 is 16.8 Å². The molecule has 0 spiro atoms. The number of para-hydroxylation sites is 1. The minimum Gasteiger partial charge on any atom is -0.351 e. The van der Waals surface area contributed by atoms with Crippen LogP contribution < -0.4 is 5.32 Å². The molecule has 1 aromatic carbocycles. The number of pyridine rings is 1. The van der Waals surface area contributed by atoms with Crippen molar-refractivity contribution in [2.24, 2.45) is 0 Å². The topological polar surface area (TPSA) is 63.1 Å². The standard InChI is InChI=1S/C22H29N5O/c1-5-26(6-2)13-12-23-22(28)18-14-21(19-15-27(7-3)25-16(19)4)24-20-11-9-8-10-17(18)20/h8-11,14-15H,5-7,12-13H2,1-4H3,(H,23,28). The number of nitrogens with zero attached hydrogens (tertiary/aromatic N) is 4. The summed E-state index contributed by atoms with van der Waals surface area (Å²) in [4.78, 5) is 20.0. The van der Waals surface area contributed by atoms with E-state index in [0.717, 1.165) is 54.0 Å². The number of hydrogen-bond donors (Lipinski definition) is 1. The maximum absolute atomic E-state index is 13.0. The zero-order valence-electron chi connectivity index (χ0n) is 17.2. The summed E-state index contributed by atoms with van der Waals surface area (Å²) in [5.74, 6) is -0.0625. The van der Waals surface area contributed by atoms with Crippen molar-refractivity contribution in [3.05, 3.63) is 47.8 Å². The van der Waals surface area contributed by atoms with Gasteiger partial charge in [0, 0.05) is 36.8 Å². The van der Waals surface area contributed by atoms with Crippen LogP contribution in [0.2, 0.25) is 0 Å². The average molecular weight is 380 g/mol. The van der Waals surface area contributed by atoms with Crippen LogP contribution in [-0.2, 0) is 6.54 Å². The van der Waals surface area contributed by atoms with Gasteiger partial charge in [0.25, 0.3) is 5.91 Å². The molecule has 0 radical (unpaired) electrons. The predicted octanol–water partition coefficient (Wildman–Crippen LogP) is 3.50. The molecule has 0 aliphatic rings. The molecule has 0 bridgehead atoms. The number of aromatic nitrogens is 3. The summed E-state index contributed by atoms with van der Waals surface area (Å²) in [5, 5.41) is 8.46. The Labute approximate surface area is 166 Å². The number of carbonyl (C=O) groups is 1. The number of hydrogen-bond acceptors (Lipinski definition) is 4. The zero-order valence-corrected chi connectivity index (χ0v) is 17.2. The van der Waals surface area contributed by atoms with Crippen molar-refractivity contribution in [1.29, 1.82) is 0 Å². The first-order valence-corrected chi connectivity index (χ1v) is 10.0. The molecule has 6 heteroatoms. The molecule has 0 saturated heterocycles. The summed E-state index contributed by atoms with van der Waals surface area (Å²) in [7, 11) is 0. The number of rotatable bonds is 8. The van der Waals surface area contributed by atoms with Crippen molar-refractivity contribution in [3.8, 4) is 11.3 Å². The SMILES string of the molecule is CCN(CC)CCNC(=O)c1cc(-c2cn(CC)nc2C)nc2ccccc12. The fraction of sp³-hybridized carbons (Fsp3) is 0.409. The molecule has 0 fully saturated rings. The van der Waals surface area contributed by atoms with Crippen molar-refractivity contribution in [1.82, 2.24) is 25.0 Å². The van der Waals surface area contributed by atoms with Gasteiger partial charge in [-0.1, -0.05) is 32.0 Å². The quantitative estimate of drug-likeness (QED) is 0.651. The highest BCUT2D eigenvalue weighted by molar-refractivity contribution is 6.07. The first-order valence-electron chi connectivity index (χ1n) is 10.0. The molecule has 0 aliphatic heterocycles. The van der Waals surface area contributed by atoms with E-state index in [4.69, 9.17) is 4.98 Å². The van der Waals surface area contributed by atoms with Gasteiger partial charge < -0.3 is 10.2 Å². The van der Waals surface area contributed by atoms with Crippen LogP contribution in [0.3, 0.4) is 0 Å². The number of fused-ring (bicyclic) bond motifs is 1. The highest BCUT2D eigenvalue weighted by atomic mass is 16.1. The number of benzene rings is 1. The van der Waals surface area contributed by atoms with Crippen LogP contribution in [0.5, 0.6) is 0 Å². The largest absolute Gasteiger partial charge is 0.351 e. The summed E-state index contributed by atoms with van der Waals surface area (Å²) in [6.45, 7) is 12.5. The van der Waals surface area contributed by atoms with Gasteiger partial charge in [0.05, 0.1) is 22.5 Å². The molecule has 1 amide bonds. The van der Waals surface area contributed by atoms with Crippen LogP contribution in [0.25, 0.3) is 22.2 Å². The second kappa shape index (κ2) is 8.97. The summed E-state index contributed by atoms with van der Waals surface area (Å²) in [6, 6.07) is 9.68. The van der Waals surface area contributed by atoms with Gasteiger partial charge in [0.15, 0.2) is 0 Å². The van der Waals surface area contributed by atoms with Gasteiger partial charge >= 0.3 is 0 Å². The lowest BCUT2D eigenvalue weighted by Gasteiger charge is -2.18. The Morgan fingerprint density at radius 1 is 1.18 bits per heavy atom. The number of amides is 1. The first-order chi connectivity index (χ1) is 13.6. The lowest BCUT2D eigenvalue weighted by atomic mass is 10.0. The summed E-state index contributed by atoms with van der Waals surface area (Å²) >= 11 is 0. The predicted molar refractivity (Wildman–Crippen MR) is 113 cm³/mol. The van der Waals surface area contributed by atoms with Crippen molar-refractivity contribution < 1.29 is 4.79 Å². The smallest absolute Gasteiger partial charge is 0.252 e. The molecule has 0 aliphatic carbocycles. The minimum atomic E-state index is -0.0625. The Kier molecular flexibility index (Phi) is 6.41. The van der Waals surface area contributed by atoms with Gasteiger partial charge in [-0.15, -0.1) is 0 Å². The second-order valence-electron chi connectivity index (χ2n) is 6.84. The molecule has 0 atom stereocenters. The Hall–Kier alpha value is -2.73. The number of carbonyl (C=O) groups excluding carboxylic acids is 1. The van der Waals surface area contributed by atoms with Gasteiger partial charge in [-0.3, -0.25) is 9.48 Å². The molecule has 1 N–H and O–H groups in total. The molecular formula is C22H29N5O. The molecule has 2 aromatic heterocycles. The normalized spacial score (nSPS) is 11.3. The molecule has 0 unspecified atom stereocenters. The fourth-order valence-corrected chi connectivity index (χ4v) is 3.40. The van der Waals surface area contributed by atoms with E-state index >= 15 is 0 Å². The van der Waals surface area contributed by atoms with E-state index in [9.17, 15) is 4.79 Å². The molecule has 28 heavy (non-hydrogen) atoms. The van der Waals surface area contributed by atoms with Crippen LogP contribution in [0, 0.1) is 6.92 Å². The molecule has 148 valence electrons. The lowest BCUT2D eigenvalue weighted by Crippen LogP contribution is -2.34. The van der Waals surface area contributed by atoms with Crippen LogP contribution in [0.1, 0.15) is 36.8 Å². The summed E-state index contributed by atoms with van der Waals surface area (Å²) in [5.41, 5.74) is 4.13. The van der Waals surface area contributed by atoms with Crippen molar-refractivity contribution in [3.63, 3.8) is 0 Å². The Balaban J connectivity index is 1.94. The Morgan fingerprint density at radius 2 is 1.93 bits per heavy atom. The first kappa shape index (κ1) is 20.0. The van der Waals surface area contributed by atoms with E-state index in [1.165, 1.54) is 0 Å². The van der Waals surface area contributed by atoms with E-state index in [2.05, 4.69) is 36.1 Å². The average Bonchev–Trinajstić information content (AvgIpc) is 3.11. The van der Waals surface area contributed by atoms with Gasteiger partial charge in [-0.2, -0.15) is 5.10 Å². The second-order valence-corrected chi connectivity index (χ2v) is 6.84. The maximum atomic E-state index is 13.0. The highest BCUT2D eigenvalue weighted by Crippen LogP contribution is 2.26. The molecule has 3 rings (SSSR count). The molecule has 2 heterocycles. The monoisotopic (exact) mass is 379 g/mol. The molecular weight excluding hydrogens is 350 g/mol. The van der Waals surface area contributed by atoms with Gasteiger partial charge in [0.1, 0.15) is 0 Å². The van der Waals surface area contributed by atoms with Gasteiger partial charge in [-0.25, -0.2) is 4.98 Å². The van der Waals surface area contributed by atoms with Gasteiger partial charge in [0.2, 0.25) is 0 Å². The third-order valence-electron chi connectivity index (χ3n) is 5.12. The van der Waals surface area contributed by atoms with Gasteiger partial charge in [-0.05, 0) is 39.1 Å². The van der Waals surface area contributed by atoms with Crippen molar-refractivity contribution in [2.75, 3.05) is 26.2 Å². The van der Waals surface area contributed by atoms with E-state index in [1.807, 2.05) is 48.1 Å². The van der Waals surface area contributed by atoms with E-state index in [1.54, 1.807) is 0 Å². The maximum Gasteiger partial charge on any atom is 0.252 e. The van der Waals surface area contributed by atoms with E-state index in [0.29, 0.717) is 12.1 Å². The minimum absolute atomic E-state index is 0.0625. The third kappa shape index (κ3) is 4.22.